The first-order valence-corrected chi connectivity index (χ1v) is 12.5. The zero-order chi connectivity index (χ0) is 29.3. The third-order valence-electron chi connectivity index (χ3n) is 7.16. The predicted octanol–water partition coefficient (Wildman–Crippen LogP) is -2.03. The highest BCUT2D eigenvalue weighted by atomic mass is 16.5. The first-order valence-electron chi connectivity index (χ1n) is 12.5. The number of rotatable bonds is 9. The summed E-state index contributed by atoms with van der Waals surface area (Å²) in [7, 11) is 1.21. The Kier molecular flexibility index (Phi) is 8.37. The molecule has 0 radical (unpaired) electrons. The van der Waals surface area contributed by atoms with Gasteiger partial charge < -0.3 is 40.7 Å². The van der Waals surface area contributed by atoms with Crippen LogP contribution in [0, 0.1) is 0 Å². The summed E-state index contributed by atoms with van der Waals surface area (Å²) in [5.41, 5.74) is -1.06. The van der Waals surface area contributed by atoms with Gasteiger partial charge in [-0.25, -0.2) is 9.80 Å². The molecule has 0 aromatic heterocycles. The zero-order valence-corrected chi connectivity index (χ0v) is 21.6. The number of nitrogens with one attached hydrogen (secondary N) is 2. The van der Waals surface area contributed by atoms with E-state index in [1.807, 2.05) is 0 Å². The number of piperidine rings is 1. The Morgan fingerprint density at radius 3 is 2.23 bits per heavy atom. The number of morpholine rings is 1. The third kappa shape index (κ3) is 5.76. The molecule has 0 saturated carbocycles. The van der Waals surface area contributed by atoms with Crippen molar-refractivity contribution in [2.24, 2.45) is 0 Å². The number of anilines is 1. The molecule has 2 aromatic rings. The molecule has 2 aromatic carbocycles. The summed E-state index contributed by atoms with van der Waals surface area (Å²) in [6, 6.07) is 7.79. The van der Waals surface area contributed by atoms with Crippen molar-refractivity contribution in [3.05, 3.63) is 64.7 Å². The second-order valence-corrected chi connectivity index (χ2v) is 9.71. The Labute approximate surface area is 229 Å². The van der Waals surface area contributed by atoms with Gasteiger partial charge in [0, 0.05) is 41.9 Å². The summed E-state index contributed by atoms with van der Waals surface area (Å²) in [5, 5.41) is 70.0. The maximum Gasteiger partial charge on any atom is 0.272 e. The van der Waals surface area contributed by atoms with Crippen LogP contribution in [0.25, 0.3) is 0 Å². The van der Waals surface area contributed by atoms with E-state index in [2.05, 4.69) is 10.6 Å². The molecule has 40 heavy (non-hydrogen) atoms. The minimum Gasteiger partial charge on any atom is -0.379 e. The number of hydrogen-bond donors (Lipinski definition) is 8. The summed E-state index contributed by atoms with van der Waals surface area (Å²) >= 11 is 0. The van der Waals surface area contributed by atoms with Crippen molar-refractivity contribution in [1.82, 2.24) is 15.1 Å². The number of carbonyl (C=O) groups excluding carboxylic acids is 3. The third-order valence-corrected chi connectivity index (χ3v) is 7.16. The number of ether oxygens (including phenoxy) is 1. The van der Waals surface area contributed by atoms with Crippen LogP contribution in [0.5, 0.6) is 0 Å². The molecule has 2 aliphatic heterocycles. The average Bonchev–Trinajstić information content (AvgIpc) is 2.92. The fourth-order valence-electron chi connectivity index (χ4n) is 4.84. The van der Waals surface area contributed by atoms with Crippen LogP contribution < -0.4 is 10.6 Å². The molecule has 2 aliphatic rings. The summed E-state index contributed by atoms with van der Waals surface area (Å²) < 4.78 is 5.23. The van der Waals surface area contributed by atoms with E-state index in [1.165, 1.54) is 54.4 Å². The quantitative estimate of drug-likeness (QED) is 0.0945. The molecule has 2 fully saturated rings. The van der Waals surface area contributed by atoms with Crippen molar-refractivity contribution in [2.45, 2.75) is 36.6 Å². The summed E-state index contributed by atoms with van der Waals surface area (Å²) in [5.74, 6) is -9.42. The van der Waals surface area contributed by atoms with Gasteiger partial charge in [-0.1, -0.05) is 36.4 Å². The summed E-state index contributed by atoms with van der Waals surface area (Å²) in [6.45, 7) is 1.18. The van der Waals surface area contributed by atoms with Gasteiger partial charge in [-0.05, 0) is 19.5 Å². The maximum atomic E-state index is 12.4. The second-order valence-electron chi connectivity index (χ2n) is 9.71. The van der Waals surface area contributed by atoms with Crippen LogP contribution in [-0.2, 0) is 32.1 Å². The van der Waals surface area contributed by atoms with Crippen molar-refractivity contribution >= 4 is 23.8 Å². The van der Waals surface area contributed by atoms with Gasteiger partial charge in [0.05, 0.1) is 24.8 Å². The molecule has 14 nitrogen and oxygen atoms in total. The van der Waals surface area contributed by atoms with Gasteiger partial charge in [0.25, 0.3) is 17.7 Å². The van der Waals surface area contributed by atoms with Crippen molar-refractivity contribution < 1.29 is 49.8 Å². The molecular formula is C26H32N4O10. The Morgan fingerprint density at radius 1 is 1.00 bits per heavy atom. The van der Waals surface area contributed by atoms with Gasteiger partial charge in [0.15, 0.2) is 6.29 Å². The SMILES string of the molecule is CN(C1CCC(=O)NC1=O)C(O)(O)c1c(C=O)cccc1NC(O)(O)c1ccc(C(O)(O)N2CCOCC2)cc1. The minimum absolute atomic E-state index is 0.0198. The van der Waals surface area contributed by atoms with Gasteiger partial charge in [-0.2, -0.15) is 0 Å². The number of hydrogen-bond acceptors (Lipinski definition) is 13. The van der Waals surface area contributed by atoms with E-state index in [1.54, 1.807) is 0 Å². The molecule has 2 heterocycles. The van der Waals surface area contributed by atoms with Gasteiger partial charge in [-0.15, -0.1) is 0 Å². The summed E-state index contributed by atoms with van der Waals surface area (Å²) in [4.78, 5) is 38.0. The number of imide groups is 1. The van der Waals surface area contributed by atoms with Gasteiger partial charge >= 0.3 is 0 Å². The molecule has 4 rings (SSSR count). The van der Waals surface area contributed by atoms with Crippen molar-refractivity contribution in [3.63, 3.8) is 0 Å². The number of aliphatic hydroxyl groups is 6. The van der Waals surface area contributed by atoms with Gasteiger partial charge in [0.2, 0.25) is 11.8 Å². The first kappa shape index (κ1) is 29.7. The minimum atomic E-state index is -2.98. The van der Waals surface area contributed by atoms with Crippen LogP contribution in [0.15, 0.2) is 42.5 Å². The van der Waals surface area contributed by atoms with Crippen molar-refractivity contribution in [3.8, 4) is 0 Å². The van der Waals surface area contributed by atoms with Crippen LogP contribution in [0.1, 0.15) is 39.9 Å². The molecule has 14 heteroatoms. The molecule has 1 atom stereocenters. The average molecular weight is 561 g/mol. The lowest BCUT2D eigenvalue weighted by molar-refractivity contribution is -0.286. The largest absolute Gasteiger partial charge is 0.379 e. The topological polar surface area (TPSA) is 212 Å². The smallest absolute Gasteiger partial charge is 0.272 e. The van der Waals surface area contributed by atoms with Crippen molar-refractivity contribution in [1.29, 1.82) is 0 Å². The Hall–Kier alpha value is -3.31. The molecule has 1 unspecified atom stereocenters. The van der Waals surface area contributed by atoms with E-state index in [9.17, 15) is 45.0 Å². The van der Waals surface area contributed by atoms with Crippen LogP contribution in [0.4, 0.5) is 5.69 Å². The maximum absolute atomic E-state index is 12.4. The predicted molar refractivity (Wildman–Crippen MR) is 137 cm³/mol. The molecule has 0 aliphatic carbocycles. The van der Waals surface area contributed by atoms with E-state index in [4.69, 9.17) is 4.74 Å². The van der Waals surface area contributed by atoms with Gasteiger partial charge in [0.1, 0.15) is 0 Å². The Balaban J connectivity index is 1.63. The number of aldehydes is 1. The van der Waals surface area contributed by atoms with E-state index >= 15 is 0 Å². The number of carbonyl (C=O) groups is 3. The van der Waals surface area contributed by atoms with Crippen LogP contribution in [0.3, 0.4) is 0 Å². The number of likely N-dealkylation sites (N-methyl/N-ethyl adjacent to an activating group) is 1. The highest BCUT2D eigenvalue weighted by molar-refractivity contribution is 6.00. The lowest BCUT2D eigenvalue weighted by atomic mass is 9.97. The Morgan fingerprint density at radius 2 is 1.62 bits per heavy atom. The highest BCUT2D eigenvalue weighted by Gasteiger charge is 2.44. The zero-order valence-electron chi connectivity index (χ0n) is 21.6. The molecule has 216 valence electrons. The number of benzene rings is 2. The fraction of sp³-hybridized carbons (Fsp3) is 0.423. The van der Waals surface area contributed by atoms with E-state index in [0.29, 0.717) is 19.5 Å². The summed E-state index contributed by atoms with van der Waals surface area (Å²) in [6.07, 6.45) is 0.269. The lowest BCUT2D eigenvalue weighted by Gasteiger charge is -2.40. The second kappa shape index (κ2) is 11.3. The molecule has 8 N–H and O–H groups in total. The van der Waals surface area contributed by atoms with Crippen molar-refractivity contribution in [2.75, 3.05) is 38.7 Å². The monoisotopic (exact) mass is 560 g/mol. The molecule has 0 spiro atoms. The lowest BCUT2D eigenvalue weighted by Crippen LogP contribution is -2.58. The van der Waals surface area contributed by atoms with E-state index < -0.39 is 41.2 Å². The first-order chi connectivity index (χ1) is 18.8. The Bertz CT molecular complexity index is 1260. The van der Waals surface area contributed by atoms with E-state index in [-0.39, 0.29) is 48.3 Å². The standard InChI is InChI=1S/C26H32N4O10/c1-29(20-9-10-21(32)27-23(20)33)26(38,39)22-16(15-31)3-2-4-19(22)28-24(34,35)17-5-7-18(8-6-17)25(36,37)30-11-13-40-14-12-30/h2-8,15,20,28,34-39H,9-14H2,1H3,(H,27,32,33). The molecular weight excluding hydrogens is 528 g/mol. The highest BCUT2D eigenvalue weighted by Crippen LogP contribution is 2.36. The van der Waals surface area contributed by atoms with Crippen LogP contribution >= 0.6 is 0 Å². The van der Waals surface area contributed by atoms with Gasteiger partial charge in [-0.3, -0.25) is 19.7 Å². The number of amides is 2. The molecule has 2 saturated heterocycles. The molecule has 0 bridgehead atoms. The normalized spacial score (nSPS) is 19.4. The number of nitrogens with zero attached hydrogens (tertiary/aromatic N) is 2. The molecule has 2 amide bonds. The van der Waals surface area contributed by atoms with Crippen LogP contribution in [0.2, 0.25) is 0 Å². The van der Waals surface area contributed by atoms with Crippen LogP contribution in [-0.4, -0.2) is 97.9 Å². The van der Waals surface area contributed by atoms with E-state index in [0.717, 1.165) is 4.90 Å². The fourth-order valence-corrected chi connectivity index (χ4v) is 4.84.